The van der Waals surface area contributed by atoms with Gasteiger partial charge in [-0.3, -0.25) is 4.79 Å². The highest BCUT2D eigenvalue weighted by atomic mass is 16.5. The van der Waals surface area contributed by atoms with Gasteiger partial charge in [-0.05, 0) is 42.9 Å². The molecule has 0 radical (unpaired) electrons. The van der Waals surface area contributed by atoms with Gasteiger partial charge in [-0.15, -0.1) is 0 Å². The minimum Gasteiger partial charge on any atom is -0.377 e. The molecule has 2 unspecified atom stereocenters. The predicted molar refractivity (Wildman–Crippen MR) is 115 cm³/mol. The van der Waals surface area contributed by atoms with E-state index in [2.05, 4.69) is 43.6 Å². The molecule has 2 atom stereocenters. The maximum atomic E-state index is 11.6. The lowest BCUT2D eigenvalue weighted by molar-refractivity contribution is -0.0835. The van der Waals surface area contributed by atoms with Gasteiger partial charge in [-0.1, -0.05) is 32.9 Å². The SMILES string of the molecule is CCNC(=NCc1ccc(C(=O)NC)cc1)NCC1CCCOC1C(C)(C)C. The molecule has 1 fully saturated rings. The average molecular weight is 389 g/mol. The minimum atomic E-state index is -0.0758. The number of hydrogen-bond donors (Lipinski definition) is 3. The third-order valence-corrected chi connectivity index (χ3v) is 5.04. The van der Waals surface area contributed by atoms with E-state index in [1.165, 1.54) is 6.42 Å². The van der Waals surface area contributed by atoms with Crippen LogP contribution in [-0.4, -0.2) is 44.7 Å². The molecule has 6 heteroatoms. The van der Waals surface area contributed by atoms with Crippen LogP contribution in [0.15, 0.2) is 29.3 Å². The van der Waals surface area contributed by atoms with Crippen LogP contribution < -0.4 is 16.0 Å². The van der Waals surface area contributed by atoms with E-state index in [4.69, 9.17) is 9.73 Å². The van der Waals surface area contributed by atoms with Crippen molar-refractivity contribution in [2.45, 2.75) is 53.2 Å². The van der Waals surface area contributed by atoms with Crippen LogP contribution >= 0.6 is 0 Å². The number of carbonyl (C=O) groups excluding carboxylic acids is 1. The molecule has 2 rings (SSSR count). The van der Waals surface area contributed by atoms with Crippen molar-refractivity contribution in [2.75, 3.05) is 26.7 Å². The third-order valence-electron chi connectivity index (χ3n) is 5.04. The first-order valence-electron chi connectivity index (χ1n) is 10.3. The lowest BCUT2D eigenvalue weighted by atomic mass is 9.78. The molecule has 0 aliphatic carbocycles. The first kappa shape index (κ1) is 22.2. The third kappa shape index (κ3) is 6.51. The molecule has 28 heavy (non-hydrogen) atoms. The molecule has 6 nitrogen and oxygen atoms in total. The highest BCUT2D eigenvalue weighted by Gasteiger charge is 2.35. The summed E-state index contributed by atoms with van der Waals surface area (Å²) in [6.07, 6.45) is 2.55. The summed E-state index contributed by atoms with van der Waals surface area (Å²) in [7, 11) is 1.64. The van der Waals surface area contributed by atoms with Crippen molar-refractivity contribution < 1.29 is 9.53 Å². The highest BCUT2D eigenvalue weighted by molar-refractivity contribution is 5.93. The number of benzene rings is 1. The summed E-state index contributed by atoms with van der Waals surface area (Å²) in [6.45, 7) is 11.9. The summed E-state index contributed by atoms with van der Waals surface area (Å²) in [5, 5.41) is 9.45. The molecular weight excluding hydrogens is 352 g/mol. The number of aliphatic imine (C=N–C) groups is 1. The number of nitrogens with zero attached hydrogens (tertiary/aromatic N) is 1. The van der Waals surface area contributed by atoms with Crippen molar-refractivity contribution in [1.29, 1.82) is 0 Å². The summed E-state index contributed by atoms with van der Waals surface area (Å²) >= 11 is 0. The Hall–Kier alpha value is -2.08. The fraction of sp³-hybridized carbons (Fsp3) is 0.636. The van der Waals surface area contributed by atoms with E-state index >= 15 is 0 Å². The van der Waals surface area contributed by atoms with Crippen LogP contribution in [0.4, 0.5) is 0 Å². The quantitative estimate of drug-likeness (QED) is 0.517. The molecule has 1 aliphatic rings. The van der Waals surface area contributed by atoms with Crippen molar-refractivity contribution in [3.05, 3.63) is 35.4 Å². The first-order chi connectivity index (χ1) is 13.3. The van der Waals surface area contributed by atoms with E-state index in [1.807, 2.05) is 24.3 Å². The van der Waals surface area contributed by atoms with Crippen LogP contribution in [0, 0.1) is 11.3 Å². The smallest absolute Gasteiger partial charge is 0.251 e. The molecule has 0 aromatic heterocycles. The second-order valence-electron chi connectivity index (χ2n) is 8.41. The molecule has 0 spiro atoms. The molecule has 1 heterocycles. The molecule has 1 aliphatic heterocycles. The van der Waals surface area contributed by atoms with Crippen LogP contribution in [0.25, 0.3) is 0 Å². The van der Waals surface area contributed by atoms with E-state index in [0.717, 1.165) is 37.6 Å². The second kappa shape index (κ2) is 10.5. The molecule has 0 saturated carbocycles. The van der Waals surface area contributed by atoms with E-state index in [9.17, 15) is 4.79 Å². The predicted octanol–water partition coefficient (Wildman–Crippen LogP) is 2.94. The normalized spacial score (nSPS) is 20.5. The minimum absolute atomic E-state index is 0.0758. The van der Waals surface area contributed by atoms with Gasteiger partial charge >= 0.3 is 0 Å². The monoisotopic (exact) mass is 388 g/mol. The fourth-order valence-electron chi connectivity index (χ4n) is 3.66. The largest absolute Gasteiger partial charge is 0.377 e. The Balaban J connectivity index is 1.97. The molecule has 0 bridgehead atoms. The van der Waals surface area contributed by atoms with Gasteiger partial charge in [0, 0.05) is 38.2 Å². The van der Waals surface area contributed by atoms with E-state index in [-0.39, 0.29) is 17.4 Å². The standard InChI is InChI=1S/C22H36N4O2/c1-6-24-21(25-14-16-9-11-17(12-10-16)20(27)23-5)26-15-18-8-7-13-28-19(18)22(2,3)4/h9-12,18-19H,6-8,13-15H2,1-5H3,(H,23,27)(H2,24,25,26). The lowest BCUT2D eigenvalue weighted by Crippen LogP contribution is -2.47. The summed E-state index contributed by atoms with van der Waals surface area (Å²) < 4.78 is 6.08. The summed E-state index contributed by atoms with van der Waals surface area (Å²) in [5.74, 6) is 1.22. The zero-order valence-electron chi connectivity index (χ0n) is 18.0. The number of nitrogens with one attached hydrogen (secondary N) is 3. The van der Waals surface area contributed by atoms with Crippen LogP contribution in [0.3, 0.4) is 0 Å². The van der Waals surface area contributed by atoms with Gasteiger partial charge in [0.2, 0.25) is 0 Å². The maximum absolute atomic E-state index is 11.6. The molecule has 1 amide bonds. The summed E-state index contributed by atoms with van der Waals surface area (Å²) in [4.78, 5) is 16.3. The van der Waals surface area contributed by atoms with Crippen LogP contribution in [0.2, 0.25) is 0 Å². The van der Waals surface area contributed by atoms with E-state index in [0.29, 0.717) is 18.0 Å². The lowest BCUT2D eigenvalue weighted by Gasteiger charge is -2.40. The van der Waals surface area contributed by atoms with Crippen molar-refractivity contribution in [3.63, 3.8) is 0 Å². The molecule has 3 N–H and O–H groups in total. The zero-order valence-corrected chi connectivity index (χ0v) is 18.0. The molecule has 1 aromatic carbocycles. The van der Waals surface area contributed by atoms with Crippen LogP contribution in [-0.2, 0) is 11.3 Å². The molecular formula is C22H36N4O2. The van der Waals surface area contributed by atoms with Crippen LogP contribution in [0.5, 0.6) is 0 Å². The number of amides is 1. The van der Waals surface area contributed by atoms with Crippen LogP contribution in [0.1, 0.15) is 56.5 Å². The van der Waals surface area contributed by atoms with Gasteiger partial charge in [0.05, 0.1) is 12.6 Å². The zero-order chi connectivity index (χ0) is 20.6. The summed E-state index contributed by atoms with van der Waals surface area (Å²) in [5.41, 5.74) is 1.86. The topological polar surface area (TPSA) is 74.8 Å². The number of guanidine groups is 1. The first-order valence-corrected chi connectivity index (χ1v) is 10.3. The Kier molecular flexibility index (Phi) is 8.30. The Bertz CT molecular complexity index is 649. The summed E-state index contributed by atoms with van der Waals surface area (Å²) in [6, 6.07) is 7.55. The number of ether oxygens (including phenoxy) is 1. The fourth-order valence-corrected chi connectivity index (χ4v) is 3.66. The average Bonchev–Trinajstić information content (AvgIpc) is 2.69. The van der Waals surface area contributed by atoms with Gasteiger partial charge in [-0.25, -0.2) is 4.99 Å². The number of hydrogen-bond acceptors (Lipinski definition) is 3. The van der Waals surface area contributed by atoms with Gasteiger partial charge < -0.3 is 20.7 Å². The molecule has 1 aromatic rings. The van der Waals surface area contributed by atoms with Gasteiger partial charge in [-0.2, -0.15) is 0 Å². The van der Waals surface area contributed by atoms with Crippen molar-refractivity contribution in [3.8, 4) is 0 Å². The van der Waals surface area contributed by atoms with Gasteiger partial charge in [0.25, 0.3) is 5.91 Å². The number of rotatable bonds is 6. The number of carbonyl (C=O) groups is 1. The van der Waals surface area contributed by atoms with Crippen molar-refractivity contribution in [2.24, 2.45) is 16.3 Å². The highest BCUT2D eigenvalue weighted by Crippen LogP contribution is 2.33. The maximum Gasteiger partial charge on any atom is 0.251 e. The Labute approximate surface area is 169 Å². The Morgan fingerprint density at radius 3 is 2.54 bits per heavy atom. The van der Waals surface area contributed by atoms with Gasteiger partial charge in [0.15, 0.2) is 5.96 Å². The van der Waals surface area contributed by atoms with Gasteiger partial charge in [0.1, 0.15) is 0 Å². The van der Waals surface area contributed by atoms with E-state index in [1.54, 1.807) is 7.05 Å². The second-order valence-corrected chi connectivity index (χ2v) is 8.41. The molecule has 1 saturated heterocycles. The Morgan fingerprint density at radius 2 is 1.93 bits per heavy atom. The van der Waals surface area contributed by atoms with Crippen molar-refractivity contribution in [1.82, 2.24) is 16.0 Å². The van der Waals surface area contributed by atoms with E-state index < -0.39 is 0 Å². The van der Waals surface area contributed by atoms with Crippen molar-refractivity contribution >= 4 is 11.9 Å². The molecule has 156 valence electrons. The Morgan fingerprint density at radius 1 is 1.21 bits per heavy atom.